The molecule has 0 atom stereocenters. The van der Waals surface area contributed by atoms with Gasteiger partial charge in [-0.1, -0.05) is 12.1 Å². The van der Waals surface area contributed by atoms with Crippen LogP contribution in [0.1, 0.15) is 33.3 Å². The van der Waals surface area contributed by atoms with Gasteiger partial charge in [-0.2, -0.15) is 0 Å². The highest BCUT2D eigenvalue weighted by molar-refractivity contribution is 9.10. The number of aromatic nitrogens is 1. The molecule has 1 aliphatic rings. The summed E-state index contributed by atoms with van der Waals surface area (Å²) in [6.07, 6.45) is 3.76. The molecule has 1 saturated heterocycles. The van der Waals surface area contributed by atoms with Crippen molar-refractivity contribution in [3.8, 4) is 0 Å². The van der Waals surface area contributed by atoms with Gasteiger partial charge in [0.1, 0.15) is 4.60 Å². The molecule has 2 rings (SSSR count). The van der Waals surface area contributed by atoms with E-state index in [2.05, 4.69) is 20.9 Å². The normalized spacial score (nSPS) is 21.3. The molecule has 0 aliphatic carbocycles. The Labute approximate surface area is 129 Å². The molecule has 6 heteroatoms. The van der Waals surface area contributed by atoms with Crippen LogP contribution in [0.25, 0.3) is 6.08 Å². The minimum absolute atomic E-state index is 0.357. The summed E-state index contributed by atoms with van der Waals surface area (Å²) in [5, 5.41) is 0. The number of pyridine rings is 1. The summed E-state index contributed by atoms with van der Waals surface area (Å²) in [6, 6.07) is 3.86. The van der Waals surface area contributed by atoms with Crippen molar-refractivity contribution < 1.29 is 9.31 Å². The van der Waals surface area contributed by atoms with Crippen molar-refractivity contribution in [1.82, 2.24) is 4.98 Å². The molecule has 0 radical (unpaired) electrons. The number of nitrogens with zero attached hydrogens (tertiary/aromatic N) is 1. The van der Waals surface area contributed by atoms with E-state index >= 15 is 0 Å². The monoisotopic (exact) mass is 338 g/mol. The minimum atomic E-state index is -0.409. The molecule has 2 N–H and O–H groups in total. The molecule has 1 aromatic heterocycles. The van der Waals surface area contributed by atoms with Gasteiger partial charge in [-0.15, -0.1) is 0 Å². The van der Waals surface area contributed by atoms with Crippen molar-refractivity contribution in [2.45, 2.75) is 38.9 Å². The Kier molecular flexibility index (Phi) is 4.40. The first-order valence-electron chi connectivity index (χ1n) is 6.63. The van der Waals surface area contributed by atoms with E-state index < -0.39 is 7.12 Å². The van der Waals surface area contributed by atoms with Crippen molar-refractivity contribution in [2.75, 3.05) is 6.54 Å². The van der Waals surface area contributed by atoms with E-state index in [1.54, 1.807) is 6.20 Å². The van der Waals surface area contributed by atoms with Gasteiger partial charge in [0.15, 0.2) is 0 Å². The molecule has 1 aliphatic heterocycles. The van der Waals surface area contributed by atoms with E-state index in [-0.39, 0.29) is 11.2 Å². The Hall–Kier alpha value is -0.685. The van der Waals surface area contributed by atoms with Crippen LogP contribution >= 0.6 is 15.9 Å². The summed E-state index contributed by atoms with van der Waals surface area (Å²) in [6.45, 7) is 8.50. The molecule has 2 heterocycles. The summed E-state index contributed by atoms with van der Waals surface area (Å²) in [7, 11) is -0.409. The van der Waals surface area contributed by atoms with Crippen LogP contribution in [-0.2, 0) is 9.31 Å². The maximum Gasteiger partial charge on any atom is 0.491 e. The third kappa shape index (κ3) is 3.14. The van der Waals surface area contributed by atoms with Crippen molar-refractivity contribution in [1.29, 1.82) is 0 Å². The SMILES string of the molecule is CC1(C)OB(C(=Cc2ccc(Br)nc2)CN)OC1(C)C. The van der Waals surface area contributed by atoms with Crippen LogP contribution in [0.2, 0.25) is 0 Å². The Morgan fingerprint density at radius 3 is 2.35 bits per heavy atom. The molecule has 0 bridgehead atoms. The second-order valence-electron chi connectivity index (χ2n) is 5.93. The maximum atomic E-state index is 6.01. The Morgan fingerprint density at radius 2 is 1.90 bits per heavy atom. The highest BCUT2D eigenvalue weighted by atomic mass is 79.9. The fraction of sp³-hybridized carbons (Fsp3) is 0.500. The van der Waals surface area contributed by atoms with Gasteiger partial charge < -0.3 is 15.0 Å². The fourth-order valence-electron chi connectivity index (χ4n) is 1.90. The number of rotatable bonds is 3. The highest BCUT2D eigenvalue weighted by Gasteiger charge is 2.52. The Balaban J connectivity index is 2.24. The smallest absolute Gasteiger partial charge is 0.400 e. The van der Waals surface area contributed by atoms with Crippen LogP contribution in [0.5, 0.6) is 0 Å². The van der Waals surface area contributed by atoms with Crippen LogP contribution in [0.4, 0.5) is 0 Å². The molecule has 20 heavy (non-hydrogen) atoms. The molecule has 4 nitrogen and oxygen atoms in total. The van der Waals surface area contributed by atoms with E-state index in [0.717, 1.165) is 15.6 Å². The van der Waals surface area contributed by atoms with Crippen molar-refractivity contribution >= 4 is 29.1 Å². The zero-order valence-corrected chi connectivity index (χ0v) is 13.9. The van der Waals surface area contributed by atoms with Gasteiger partial charge in [0.2, 0.25) is 0 Å². The van der Waals surface area contributed by atoms with Crippen molar-refractivity contribution in [2.24, 2.45) is 5.73 Å². The van der Waals surface area contributed by atoms with Gasteiger partial charge in [0, 0.05) is 12.7 Å². The predicted octanol–water partition coefficient (Wildman–Crippen LogP) is 2.82. The molecular weight excluding hydrogens is 319 g/mol. The van der Waals surface area contributed by atoms with E-state index in [4.69, 9.17) is 15.0 Å². The number of hydrogen-bond acceptors (Lipinski definition) is 4. The molecule has 0 amide bonds. The van der Waals surface area contributed by atoms with Crippen LogP contribution in [-0.4, -0.2) is 29.8 Å². The molecule has 0 saturated carbocycles. The summed E-state index contributed by atoms with van der Waals surface area (Å²) in [5.41, 5.74) is 7.02. The zero-order valence-electron chi connectivity index (χ0n) is 12.3. The standard InChI is InChI=1S/C14H20BBrN2O2/c1-13(2)14(3,4)20-15(19-13)11(8-17)7-10-5-6-12(16)18-9-10/h5-7,9H,8,17H2,1-4H3. The lowest BCUT2D eigenvalue weighted by atomic mass is 9.77. The van der Waals surface area contributed by atoms with Crippen LogP contribution < -0.4 is 5.73 Å². The van der Waals surface area contributed by atoms with E-state index in [1.807, 2.05) is 45.9 Å². The van der Waals surface area contributed by atoms with Crippen LogP contribution in [0.15, 0.2) is 28.4 Å². The van der Waals surface area contributed by atoms with E-state index in [9.17, 15) is 0 Å². The van der Waals surface area contributed by atoms with Gasteiger partial charge >= 0.3 is 7.12 Å². The third-order valence-electron chi connectivity index (χ3n) is 3.89. The Bertz CT molecular complexity index is 498. The minimum Gasteiger partial charge on any atom is -0.400 e. The van der Waals surface area contributed by atoms with Crippen LogP contribution in [0.3, 0.4) is 0 Å². The van der Waals surface area contributed by atoms with Gasteiger partial charge in [-0.3, -0.25) is 0 Å². The lowest BCUT2D eigenvalue weighted by Crippen LogP contribution is -2.41. The largest absolute Gasteiger partial charge is 0.491 e. The lowest BCUT2D eigenvalue weighted by Gasteiger charge is -2.32. The first kappa shape index (κ1) is 15.7. The molecule has 0 aromatic carbocycles. The lowest BCUT2D eigenvalue weighted by molar-refractivity contribution is 0.00578. The quantitative estimate of drug-likeness (QED) is 0.680. The average Bonchev–Trinajstić information content (AvgIpc) is 2.57. The van der Waals surface area contributed by atoms with Gasteiger partial charge in [-0.25, -0.2) is 4.98 Å². The van der Waals surface area contributed by atoms with Gasteiger partial charge in [0.05, 0.1) is 11.2 Å². The van der Waals surface area contributed by atoms with Gasteiger partial charge in [0.25, 0.3) is 0 Å². The van der Waals surface area contributed by atoms with Gasteiger partial charge in [-0.05, 0) is 60.7 Å². The van der Waals surface area contributed by atoms with Crippen molar-refractivity contribution in [3.05, 3.63) is 34.0 Å². The third-order valence-corrected chi connectivity index (χ3v) is 4.36. The second kappa shape index (κ2) is 5.60. The molecule has 1 fully saturated rings. The first-order chi connectivity index (χ1) is 9.25. The molecule has 108 valence electrons. The predicted molar refractivity (Wildman–Crippen MR) is 85.1 cm³/mol. The summed E-state index contributed by atoms with van der Waals surface area (Å²) in [4.78, 5) is 4.20. The van der Waals surface area contributed by atoms with E-state index in [1.165, 1.54) is 0 Å². The number of hydrogen-bond donors (Lipinski definition) is 1. The topological polar surface area (TPSA) is 57.4 Å². The maximum absolute atomic E-state index is 6.01. The molecule has 1 aromatic rings. The highest BCUT2D eigenvalue weighted by Crippen LogP contribution is 2.38. The number of nitrogens with two attached hydrogens (primary N) is 1. The molecular formula is C14H20BBrN2O2. The van der Waals surface area contributed by atoms with Crippen LogP contribution in [0, 0.1) is 0 Å². The summed E-state index contributed by atoms with van der Waals surface area (Å²) >= 11 is 3.32. The Morgan fingerprint density at radius 1 is 1.30 bits per heavy atom. The average molecular weight is 339 g/mol. The summed E-state index contributed by atoms with van der Waals surface area (Å²) < 4.78 is 12.8. The summed E-state index contributed by atoms with van der Waals surface area (Å²) in [5.74, 6) is 0. The zero-order chi connectivity index (χ0) is 15.0. The van der Waals surface area contributed by atoms with E-state index in [0.29, 0.717) is 6.54 Å². The first-order valence-corrected chi connectivity index (χ1v) is 7.42. The second-order valence-corrected chi connectivity index (χ2v) is 6.74. The fourth-order valence-corrected chi connectivity index (χ4v) is 2.14. The van der Waals surface area contributed by atoms with Crippen molar-refractivity contribution in [3.63, 3.8) is 0 Å². The molecule has 0 spiro atoms. The molecule has 0 unspecified atom stereocenters. The number of halogens is 1.